The van der Waals surface area contributed by atoms with Crippen LogP contribution >= 0.6 is 0 Å². The minimum Gasteiger partial charge on any atom is -0.394 e. The average Bonchev–Trinajstić information content (AvgIpc) is 3.11. The van der Waals surface area contributed by atoms with E-state index in [0.717, 1.165) is 38.5 Å². The molecule has 6 nitrogen and oxygen atoms in total. The first-order chi connectivity index (χ1) is 24.0. The number of hydrogen-bond donors (Lipinski definition) is 5. The number of hydrogen-bond acceptors (Lipinski definition) is 5. The summed E-state index contributed by atoms with van der Waals surface area (Å²) in [5, 5.41) is 43.4. The van der Waals surface area contributed by atoms with Crippen molar-refractivity contribution in [1.29, 1.82) is 0 Å². The number of allylic oxidation sites excluding steroid dienone is 4. The molecule has 0 saturated heterocycles. The molecule has 0 aromatic heterocycles. The van der Waals surface area contributed by atoms with Gasteiger partial charge in [0.25, 0.3) is 0 Å². The Balaban J connectivity index is 3.68. The molecule has 1 amide bonds. The van der Waals surface area contributed by atoms with Crippen molar-refractivity contribution in [3.05, 3.63) is 24.3 Å². The van der Waals surface area contributed by atoms with Crippen LogP contribution in [-0.2, 0) is 4.79 Å². The number of rotatable bonds is 38. The van der Waals surface area contributed by atoms with E-state index in [-0.39, 0.29) is 0 Å². The molecule has 4 atom stereocenters. The minimum absolute atomic E-state index is 0.360. The third kappa shape index (κ3) is 32.4. The maximum atomic E-state index is 12.4. The normalized spacial score (nSPS) is 14.5. The topological polar surface area (TPSA) is 110 Å². The van der Waals surface area contributed by atoms with Crippen LogP contribution in [0.3, 0.4) is 0 Å². The standard InChI is InChI=1S/C43H83NO5/c1-3-5-7-9-11-13-14-15-16-17-18-19-20-21-22-23-24-25-26-27-29-31-33-35-37-41(47)43(49)44-39(38-45)42(48)40(46)36-34-32-30-28-12-10-8-6-4-2/h21-22,28,30,39-42,45-48H,3-20,23-27,29,31-38H2,1-2H3,(H,44,49)/b22-21-,30-28+. The predicted octanol–water partition coefficient (Wildman–Crippen LogP) is 10.8. The van der Waals surface area contributed by atoms with E-state index in [2.05, 4.69) is 43.5 Å². The Hall–Kier alpha value is -1.21. The summed E-state index contributed by atoms with van der Waals surface area (Å²) in [6.07, 6.45) is 42.3. The molecule has 0 aliphatic rings. The van der Waals surface area contributed by atoms with E-state index in [1.165, 1.54) is 148 Å². The second kappa shape index (κ2) is 38.0. The van der Waals surface area contributed by atoms with Crippen molar-refractivity contribution >= 4 is 5.91 Å². The van der Waals surface area contributed by atoms with Crippen molar-refractivity contribution in [2.24, 2.45) is 0 Å². The van der Waals surface area contributed by atoms with Crippen molar-refractivity contribution in [3.63, 3.8) is 0 Å². The fraction of sp³-hybridized carbons (Fsp3) is 0.884. The van der Waals surface area contributed by atoms with Gasteiger partial charge in [0, 0.05) is 0 Å². The molecule has 49 heavy (non-hydrogen) atoms. The number of carbonyl (C=O) groups excluding carboxylic acids is 1. The quantitative estimate of drug-likeness (QED) is 0.0327. The largest absolute Gasteiger partial charge is 0.394 e. The van der Waals surface area contributed by atoms with Gasteiger partial charge in [0.1, 0.15) is 12.2 Å². The maximum Gasteiger partial charge on any atom is 0.249 e. The van der Waals surface area contributed by atoms with Crippen LogP contribution in [0.15, 0.2) is 24.3 Å². The molecule has 0 aromatic rings. The van der Waals surface area contributed by atoms with Crippen LogP contribution in [0.4, 0.5) is 0 Å². The summed E-state index contributed by atoms with van der Waals surface area (Å²) in [6.45, 7) is 3.99. The zero-order valence-corrected chi connectivity index (χ0v) is 32.4. The first-order valence-corrected chi connectivity index (χ1v) is 21.2. The van der Waals surface area contributed by atoms with E-state index >= 15 is 0 Å². The van der Waals surface area contributed by atoms with Crippen LogP contribution in [0.1, 0.15) is 213 Å². The van der Waals surface area contributed by atoms with Crippen LogP contribution in [0, 0.1) is 0 Å². The van der Waals surface area contributed by atoms with Crippen molar-refractivity contribution in [2.75, 3.05) is 6.61 Å². The lowest BCUT2D eigenvalue weighted by Gasteiger charge is -2.27. The summed E-state index contributed by atoms with van der Waals surface area (Å²) in [7, 11) is 0. The van der Waals surface area contributed by atoms with Gasteiger partial charge in [0.2, 0.25) is 5.91 Å². The summed E-state index contributed by atoms with van der Waals surface area (Å²) >= 11 is 0. The molecule has 0 bridgehead atoms. The van der Waals surface area contributed by atoms with Gasteiger partial charge in [-0.05, 0) is 64.2 Å². The van der Waals surface area contributed by atoms with Crippen molar-refractivity contribution in [2.45, 2.75) is 237 Å². The molecule has 5 N–H and O–H groups in total. The molecule has 0 saturated carbocycles. The van der Waals surface area contributed by atoms with E-state index in [1.807, 2.05) is 0 Å². The van der Waals surface area contributed by atoms with Crippen LogP contribution < -0.4 is 5.32 Å². The molecule has 0 aliphatic carbocycles. The molecule has 290 valence electrons. The summed E-state index contributed by atoms with van der Waals surface area (Å²) in [6, 6.07) is -0.999. The molecule has 6 heteroatoms. The summed E-state index contributed by atoms with van der Waals surface area (Å²) in [5.74, 6) is -0.598. The zero-order valence-electron chi connectivity index (χ0n) is 32.4. The van der Waals surface area contributed by atoms with Crippen LogP contribution in [-0.4, -0.2) is 57.3 Å². The molecular formula is C43H83NO5. The first-order valence-electron chi connectivity index (χ1n) is 21.2. The van der Waals surface area contributed by atoms with Crippen LogP contribution in [0.5, 0.6) is 0 Å². The minimum atomic E-state index is -1.28. The second-order valence-electron chi connectivity index (χ2n) is 14.7. The van der Waals surface area contributed by atoms with Crippen LogP contribution in [0.25, 0.3) is 0 Å². The van der Waals surface area contributed by atoms with Gasteiger partial charge < -0.3 is 25.7 Å². The molecule has 4 unspecified atom stereocenters. The average molecular weight is 694 g/mol. The van der Waals surface area contributed by atoms with Crippen molar-refractivity contribution in [3.8, 4) is 0 Å². The smallest absolute Gasteiger partial charge is 0.249 e. The van der Waals surface area contributed by atoms with E-state index in [9.17, 15) is 25.2 Å². The lowest BCUT2D eigenvalue weighted by molar-refractivity contribution is -0.132. The van der Waals surface area contributed by atoms with Gasteiger partial charge in [-0.2, -0.15) is 0 Å². The van der Waals surface area contributed by atoms with Gasteiger partial charge in [0.05, 0.1) is 18.8 Å². The predicted molar refractivity (Wildman–Crippen MR) is 210 cm³/mol. The monoisotopic (exact) mass is 694 g/mol. The molecule has 0 rings (SSSR count). The van der Waals surface area contributed by atoms with E-state index in [4.69, 9.17) is 0 Å². The fourth-order valence-corrected chi connectivity index (χ4v) is 6.46. The Morgan fingerprint density at radius 2 is 0.837 bits per heavy atom. The highest BCUT2D eigenvalue weighted by Crippen LogP contribution is 2.15. The third-order valence-electron chi connectivity index (χ3n) is 9.88. The number of aliphatic hydroxyl groups is 4. The van der Waals surface area contributed by atoms with E-state index < -0.39 is 36.9 Å². The van der Waals surface area contributed by atoms with Gasteiger partial charge in [0.15, 0.2) is 0 Å². The fourth-order valence-electron chi connectivity index (χ4n) is 6.46. The highest BCUT2D eigenvalue weighted by atomic mass is 16.3. The number of nitrogens with one attached hydrogen (secondary N) is 1. The molecular weight excluding hydrogens is 610 g/mol. The van der Waals surface area contributed by atoms with E-state index in [0.29, 0.717) is 12.8 Å². The molecule has 0 aromatic carbocycles. The van der Waals surface area contributed by atoms with Crippen molar-refractivity contribution in [1.82, 2.24) is 5.32 Å². The molecule has 0 aliphatic heterocycles. The summed E-state index contributed by atoms with van der Waals surface area (Å²) in [4.78, 5) is 12.4. The molecule has 0 radical (unpaired) electrons. The Labute approximate surface area is 304 Å². The number of amides is 1. The maximum absolute atomic E-state index is 12.4. The van der Waals surface area contributed by atoms with Crippen molar-refractivity contribution < 1.29 is 25.2 Å². The number of carbonyl (C=O) groups is 1. The second-order valence-corrected chi connectivity index (χ2v) is 14.7. The zero-order chi connectivity index (χ0) is 36.0. The number of unbranched alkanes of at least 4 members (excludes halogenated alkanes) is 25. The Morgan fingerprint density at radius 1 is 0.490 bits per heavy atom. The first kappa shape index (κ1) is 47.8. The lowest BCUT2D eigenvalue weighted by atomic mass is 10.00. The lowest BCUT2D eigenvalue weighted by Crippen LogP contribution is -2.53. The van der Waals surface area contributed by atoms with Crippen LogP contribution in [0.2, 0.25) is 0 Å². The Morgan fingerprint density at radius 3 is 1.24 bits per heavy atom. The van der Waals surface area contributed by atoms with Gasteiger partial charge >= 0.3 is 0 Å². The molecule has 0 fully saturated rings. The molecule has 0 heterocycles. The molecule has 0 spiro atoms. The Kier molecular flexibility index (Phi) is 37.1. The van der Waals surface area contributed by atoms with Gasteiger partial charge in [-0.25, -0.2) is 0 Å². The SMILES string of the molecule is CCCCCC/C=C/CCCC(O)C(O)C(CO)NC(=O)C(O)CCCCCCCCCC/C=C\CCCCCCCCCCCCCC. The Bertz CT molecular complexity index is 742. The summed E-state index contributed by atoms with van der Waals surface area (Å²) in [5.41, 5.74) is 0. The van der Waals surface area contributed by atoms with Gasteiger partial charge in [-0.1, -0.05) is 173 Å². The van der Waals surface area contributed by atoms with E-state index in [1.54, 1.807) is 0 Å². The third-order valence-corrected chi connectivity index (χ3v) is 9.88. The summed E-state index contributed by atoms with van der Waals surface area (Å²) < 4.78 is 0. The number of aliphatic hydroxyl groups excluding tert-OH is 4. The highest BCUT2D eigenvalue weighted by molar-refractivity contribution is 5.80. The van der Waals surface area contributed by atoms with Gasteiger partial charge in [-0.15, -0.1) is 0 Å². The van der Waals surface area contributed by atoms with Gasteiger partial charge in [-0.3, -0.25) is 4.79 Å². The highest BCUT2D eigenvalue weighted by Gasteiger charge is 2.28.